The van der Waals surface area contributed by atoms with Gasteiger partial charge in [0.25, 0.3) is 0 Å². The number of thiazole rings is 1. The van der Waals surface area contributed by atoms with Gasteiger partial charge in [-0.05, 0) is 25.1 Å². The molecule has 0 amide bonds. The predicted octanol–water partition coefficient (Wildman–Crippen LogP) is 3.21. The lowest BCUT2D eigenvalue weighted by Crippen LogP contribution is -2.15. The molecule has 0 radical (unpaired) electrons. The Morgan fingerprint density at radius 1 is 1.32 bits per heavy atom. The molecule has 1 aliphatic heterocycles. The number of aromatic nitrogens is 2. The molecule has 0 saturated heterocycles. The molecule has 6 heteroatoms. The number of aryl methyl sites for hydroxylation is 1. The molecule has 22 heavy (non-hydrogen) atoms. The summed E-state index contributed by atoms with van der Waals surface area (Å²) < 4.78 is 13.3. The SMILES string of the molecule is Cc1nc2scc(-c3ccc4c(c3)OCCO4)n2c1CC#N. The van der Waals surface area contributed by atoms with Crippen LogP contribution in [0.1, 0.15) is 11.4 Å². The average molecular weight is 311 g/mol. The molecular formula is C16H13N3O2S. The zero-order valence-electron chi connectivity index (χ0n) is 12.0. The number of ether oxygens (including phenoxy) is 2. The van der Waals surface area contributed by atoms with Gasteiger partial charge >= 0.3 is 0 Å². The summed E-state index contributed by atoms with van der Waals surface area (Å²) in [6.45, 7) is 3.10. The topological polar surface area (TPSA) is 59.6 Å². The number of hydrogen-bond acceptors (Lipinski definition) is 5. The Kier molecular flexibility index (Phi) is 3.01. The summed E-state index contributed by atoms with van der Waals surface area (Å²) in [5, 5.41) is 11.1. The van der Waals surface area contributed by atoms with Crippen LogP contribution in [-0.2, 0) is 6.42 Å². The van der Waals surface area contributed by atoms with E-state index < -0.39 is 0 Å². The molecule has 3 aromatic rings. The van der Waals surface area contributed by atoms with Crippen molar-refractivity contribution in [2.24, 2.45) is 0 Å². The van der Waals surface area contributed by atoms with Crippen LogP contribution in [0, 0.1) is 18.3 Å². The predicted molar refractivity (Wildman–Crippen MR) is 83.5 cm³/mol. The number of fused-ring (bicyclic) bond motifs is 2. The lowest BCUT2D eigenvalue weighted by atomic mass is 10.1. The highest BCUT2D eigenvalue weighted by Gasteiger charge is 2.17. The Morgan fingerprint density at radius 2 is 2.14 bits per heavy atom. The van der Waals surface area contributed by atoms with Crippen molar-refractivity contribution < 1.29 is 9.47 Å². The van der Waals surface area contributed by atoms with Gasteiger partial charge in [-0.3, -0.25) is 4.40 Å². The first-order valence-corrected chi connectivity index (χ1v) is 7.88. The van der Waals surface area contributed by atoms with Crippen molar-refractivity contribution in [3.63, 3.8) is 0 Å². The van der Waals surface area contributed by atoms with E-state index in [1.165, 1.54) is 0 Å². The van der Waals surface area contributed by atoms with Crippen molar-refractivity contribution in [3.05, 3.63) is 35.0 Å². The second-order valence-corrected chi connectivity index (χ2v) is 5.91. The Morgan fingerprint density at radius 3 is 2.95 bits per heavy atom. The largest absolute Gasteiger partial charge is 0.486 e. The second-order valence-electron chi connectivity index (χ2n) is 5.08. The summed E-state index contributed by atoms with van der Waals surface area (Å²) in [7, 11) is 0. The molecule has 1 aromatic carbocycles. The highest BCUT2D eigenvalue weighted by Crippen LogP contribution is 2.36. The van der Waals surface area contributed by atoms with Crippen LogP contribution >= 0.6 is 11.3 Å². The quantitative estimate of drug-likeness (QED) is 0.729. The van der Waals surface area contributed by atoms with Crippen LogP contribution in [0.25, 0.3) is 16.2 Å². The van der Waals surface area contributed by atoms with Crippen molar-refractivity contribution in [1.82, 2.24) is 9.38 Å². The minimum absolute atomic E-state index is 0.348. The van der Waals surface area contributed by atoms with E-state index in [1.54, 1.807) is 11.3 Å². The maximum absolute atomic E-state index is 9.05. The molecule has 0 fully saturated rings. The Labute approximate surface area is 131 Å². The minimum Gasteiger partial charge on any atom is -0.486 e. The maximum Gasteiger partial charge on any atom is 0.194 e. The van der Waals surface area contributed by atoms with Gasteiger partial charge in [-0.1, -0.05) is 0 Å². The van der Waals surface area contributed by atoms with Gasteiger partial charge in [0.1, 0.15) is 13.2 Å². The van der Waals surface area contributed by atoms with Gasteiger partial charge in [-0.2, -0.15) is 5.26 Å². The molecule has 1 aliphatic rings. The minimum atomic E-state index is 0.348. The fourth-order valence-electron chi connectivity index (χ4n) is 2.71. The summed E-state index contributed by atoms with van der Waals surface area (Å²) in [6, 6.07) is 8.15. The van der Waals surface area contributed by atoms with E-state index in [0.717, 1.165) is 39.1 Å². The fraction of sp³-hybridized carbons (Fsp3) is 0.250. The van der Waals surface area contributed by atoms with Gasteiger partial charge in [0.05, 0.1) is 29.6 Å². The molecule has 2 aromatic heterocycles. The zero-order chi connectivity index (χ0) is 15.1. The van der Waals surface area contributed by atoms with Gasteiger partial charge in [-0.25, -0.2) is 4.98 Å². The van der Waals surface area contributed by atoms with Crippen molar-refractivity contribution in [1.29, 1.82) is 5.26 Å². The highest BCUT2D eigenvalue weighted by molar-refractivity contribution is 7.15. The Balaban J connectivity index is 1.89. The maximum atomic E-state index is 9.05. The van der Waals surface area contributed by atoms with E-state index >= 15 is 0 Å². The number of benzene rings is 1. The number of rotatable bonds is 2. The van der Waals surface area contributed by atoms with Crippen molar-refractivity contribution in [2.45, 2.75) is 13.3 Å². The van der Waals surface area contributed by atoms with Crippen LogP contribution in [0.5, 0.6) is 11.5 Å². The molecule has 0 bridgehead atoms. The van der Waals surface area contributed by atoms with Gasteiger partial charge < -0.3 is 9.47 Å². The lowest BCUT2D eigenvalue weighted by Gasteiger charge is -2.18. The molecule has 0 saturated carbocycles. The van der Waals surface area contributed by atoms with Crippen molar-refractivity contribution in [3.8, 4) is 28.8 Å². The van der Waals surface area contributed by atoms with Gasteiger partial charge in [0, 0.05) is 10.9 Å². The van der Waals surface area contributed by atoms with E-state index in [4.69, 9.17) is 14.7 Å². The first-order valence-electron chi connectivity index (χ1n) is 7.00. The molecule has 0 unspecified atom stereocenters. The third-order valence-electron chi connectivity index (χ3n) is 3.74. The summed E-state index contributed by atoms with van der Waals surface area (Å²) in [5.74, 6) is 1.54. The summed E-state index contributed by atoms with van der Waals surface area (Å²) in [4.78, 5) is 5.45. The van der Waals surface area contributed by atoms with E-state index in [2.05, 4.69) is 20.8 Å². The molecular weight excluding hydrogens is 298 g/mol. The molecule has 0 aliphatic carbocycles. The number of nitriles is 1. The summed E-state index contributed by atoms with van der Waals surface area (Å²) in [5.41, 5.74) is 3.92. The van der Waals surface area contributed by atoms with Crippen molar-refractivity contribution >= 4 is 16.3 Å². The van der Waals surface area contributed by atoms with Crippen LogP contribution in [0.15, 0.2) is 23.6 Å². The van der Waals surface area contributed by atoms with Crippen LogP contribution in [0.3, 0.4) is 0 Å². The van der Waals surface area contributed by atoms with Gasteiger partial charge in [0.15, 0.2) is 16.5 Å². The van der Waals surface area contributed by atoms with Crippen LogP contribution in [0.2, 0.25) is 0 Å². The van der Waals surface area contributed by atoms with Crippen LogP contribution in [0.4, 0.5) is 0 Å². The smallest absolute Gasteiger partial charge is 0.194 e. The summed E-state index contributed by atoms with van der Waals surface area (Å²) in [6.07, 6.45) is 0.348. The normalized spacial score (nSPS) is 13.3. The molecule has 0 N–H and O–H groups in total. The third kappa shape index (κ3) is 1.94. The Hall–Kier alpha value is -2.52. The highest BCUT2D eigenvalue weighted by atomic mass is 32.1. The lowest BCUT2D eigenvalue weighted by molar-refractivity contribution is 0.171. The average Bonchev–Trinajstić information content (AvgIpc) is 3.07. The number of imidazole rings is 1. The third-order valence-corrected chi connectivity index (χ3v) is 4.57. The molecule has 0 spiro atoms. The second kappa shape index (κ2) is 5.04. The van der Waals surface area contributed by atoms with E-state index in [-0.39, 0.29) is 0 Å². The van der Waals surface area contributed by atoms with E-state index in [9.17, 15) is 0 Å². The summed E-state index contributed by atoms with van der Waals surface area (Å²) >= 11 is 1.58. The number of nitrogens with zero attached hydrogens (tertiary/aromatic N) is 3. The fourth-order valence-corrected chi connectivity index (χ4v) is 3.67. The molecule has 5 nitrogen and oxygen atoms in total. The molecule has 3 heterocycles. The first kappa shape index (κ1) is 13.2. The molecule has 4 rings (SSSR count). The van der Waals surface area contributed by atoms with Gasteiger partial charge in [-0.15, -0.1) is 11.3 Å². The Bertz CT molecular complexity index is 904. The molecule has 0 atom stereocenters. The van der Waals surface area contributed by atoms with E-state index in [1.807, 2.05) is 25.1 Å². The van der Waals surface area contributed by atoms with Gasteiger partial charge in [0.2, 0.25) is 0 Å². The van der Waals surface area contributed by atoms with Crippen molar-refractivity contribution in [2.75, 3.05) is 13.2 Å². The van der Waals surface area contributed by atoms with Crippen LogP contribution in [-0.4, -0.2) is 22.6 Å². The number of hydrogen-bond donors (Lipinski definition) is 0. The molecule has 110 valence electrons. The standard InChI is InChI=1S/C16H13N3O2S/c1-10-12(4-5-17)19-13(9-22-16(19)18-10)11-2-3-14-15(8-11)21-7-6-20-14/h2-3,8-9H,4,6-7H2,1H3. The van der Waals surface area contributed by atoms with Crippen LogP contribution < -0.4 is 9.47 Å². The zero-order valence-corrected chi connectivity index (χ0v) is 12.8. The van der Waals surface area contributed by atoms with E-state index in [0.29, 0.717) is 19.6 Å². The first-order chi connectivity index (χ1) is 10.8. The monoisotopic (exact) mass is 311 g/mol.